The molecular formula is C20H23N3O2. The molecule has 2 heterocycles. The van der Waals surface area contributed by atoms with E-state index >= 15 is 0 Å². The van der Waals surface area contributed by atoms with Crippen LogP contribution in [0.3, 0.4) is 0 Å². The highest BCUT2D eigenvalue weighted by atomic mass is 16.5. The number of benzene rings is 1. The normalized spacial score (nSPS) is 15.5. The van der Waals surface area contributed by atoms with Crippen molar-refractivity contribution in [3.05, 3.63) is 66.0 Å². The fourth-order valence-electron chi connectivity index (χ4n) is 2.85. The number of hydrogen-bond donors (Lipinski definition) is 0. The molecule has 0 unspecified atom stereocenters. The number of rotatable bonds is 5. The number of nitrogens with zero attached hydrogens (tertiary/aromatic N) is 3. The first-order valence-electron chi connectivity index (χ1n) is 8.49. The maximum absolute atomic E-state index is 12.5. The van der Waals surface area contributed by atoms with E-state index < -0.39 is 0 Å². The van der Waals surface area contributed by atoms with Crippen LogP contribution in [-0.4, -0.2) is 60.5 Å². The topological polar surface area (TPSA) is 45.7 Å². The molecule has 1 aromatic carbocycles. The summed E-state index contributed by atoms with van der Waals surface area (Å²) in [6.07, 6.45) is 5.92. The third-order valence-electron chi connectivity index (χ3n) is 4.32. The Hall–Kier alpha value is -2.66. The monoisotopic (exact) mass is 337 g/mol. The standard InChI is InChI=1S/C20H23N3O2/c1-25-18-9-10-21-19(16-18)20(24)23-14-12-22(13-15-23)11-5-8-17-6-3-2-4-7-17/h2-10,16H,11-15H2,1H3/b8-5+. The van der Waals surface area contributed by atoms with Gasteiger partial charge in [-0.1, -0.05) is 42.5 Å². The van der Waals surface area contributed by atoms with E-state index in [2.05, 4.69) is 34.2 Å². The molecular weight excluding hydrogens is 314 g/mol. The van der Waals surface area contributed by atoms with Gasteiger partial charge in [-0.2, -0.15) is 0 Å². The second-order valence-electron chi connectivity index (χ2n) is 5.99. The van der Waals surface area contributed by atoms with Crippen LogP contribution in [0.1, 0.15) is 16.1 Å². The Morgan fingerprint density at radius 3 is 2.64 bits per heavy atom. The van der Waals surface area contributed by atoms with Crippen LogP contribution in [0.25, 0.3) is 6.08 Å². The first-order chi connectivity index (χ1) is 12.3. The number of piperazine rings is 1. The van der Waals surface area contributed by atoms with Crippen LogP contribution < -0.4 is 4.74 Å². The van der Waals surface area contributed by atoms with Crippen molar-refractivity contribution in [1.29, 1.82) is 0 Å². The molecule has 0 aliphatic carbocycles. The van der Waals surface area contributed by atoms with E-state index in [0.29, 0.717) is 11.4 Å². The van der Waals surface area contributed by atoms with Gasteiger partial charge in [0.1, 0.15) is 11.4 Å². The molecule has 25 heavy (non-hydrogen) atoms. The van der Waals surface area contributed by atoms with E-state index in [9.17, 15) is 4.79 Å². The van der Waals surface area contributed by atoms with E-state index in [0.717, 1.165) is 32.7 Å². The Morgan fingerprint density at radius 1 is 1.16 bits per heavy atom. The van der Waals surface area contributed by atoms with Gasteiger partial charge in [-0.25, -0.2) is 0 Å². The minimum atomic E-state index is -0.0293. The lowest BCUT2D eigenvalue weighted by atomic mass is 10.2. The first-order valence-corrected chi connectivity index (χ1v) is 8.49. The molecule has 1 aliphatic heterocycles. The Labute approximate surface area is 148 Å². The van der Waals surface area contributed by atoms with Gasteiger partial charge in [-0.3, -0.25) is 14.7 Å². The van der Waals surface area contributed by atoms with Gasteiger partial charge in [0.05, 0.1) is 7.11 Å². The molecule has 0 radical (unpaired) electrons. The van der Waals surface area contributed by atoms with E-state index in [4.69, 9.17) is 4.74 Å². The molecule has 130 valence electrons. The second kappa shape index (κ2) is 8.44. The number of hydrogen-bond acceptors (Lipinski definition) is 4. The van der Waals surface area contributed by atoms with Gasteiger partial charge in [0, 0.05) is 45.0 Å². The average molecular weight is 337 g/mol. The van der Waals surface area contributed by atoms with Gasteiger partial charge in [-0.15, -0.1) is 0 Å². The zero-order valence-corrected chi connectivity index (χ0v) is 14.5. The van der Waals surface area contributed by atoms with Crippen LogP contribution in [0.2, 0.25) is 0 Å². The van der Waals surface area contributed by atoms with Gasteiger partial charge < -0.3 is 9.64 Å². The van der Waals surface area contributed by atoms with E-state index in [1.54, 1.807) is 25.4 Å². The molecule has 1 aliphatic rings. The number of carbonyl (C=O) groups excluding carboxylic acids is 1. The lowest BCUT2D eigenvalue weighted by Gasteiger charge is -2.34. The van der Waals surface area contributed by atoms with Gasteiger partial charge in [0.15, 0.2) is 0 Å². The van der Waals surface area contributed by atoms with Crippen molar-refractivity contribution in [1.82, 2.24) is 14.8 Å². The maximum Gasteiger partial charge on any atom is 0.272 e. The molecule has 3 rings (SSSR count). The van der Waals surface area contributed by atoms with Crippen LogP contribution in [-0.2, 0) is 0 Å². The SMILES string of the molecule is COc1ccnc(C(=O)N2CCN(C/C=C/c3ccccc3)CC2)c1. The van der Waals surface area contributed by atoms with Gasteiger partial charge in [0.25, 0.3) is 5.91 Å². The summed E-state index contributed by atoms with van der Waals surface area (Å²) in [5.41, 5.74) is 1.65. The van der Waals surface area contributed by atoms with Crippen LogP contribution in [0.4, 0.5) is 0 Å². The van der Waals surface area contributed by atoms with E-state index in [1.807, 2.05) is 23.1 Å². The van der Waals surface area contributed by atoms with Crippen molar-refractivity contribution in [3.8, 4) is 5.75 Å². The predicted octanol–water partition coefficient (Wildman–Crippen LogP) is 2.56. The molecule has 0 bridgehead atoms. The van der Waals surface area contributed by atoms with Crippen LogP contribution in [0.5, 0.6) is 5.75 Å². The Morgan fingerprint density at radius 2 is 1.92 bits per heavy atom. The number of amides is 1. The largest absolute Gasteiger partial charge is 0.497 e. The number of methoxy groups -OCH3 is 1. The Balaban J connectivity index is 1.49. The van der Waals surface area contributed by atoms with Crippen LogP contribution in [0.15, 0.2) is 54.7 Å². The summed E-state index contributed by atoms with van der Waals surface area (Å²) in [4.78, 5) is 20.9. The van der Waals surface area contributed by atoms with Crippen molar-refractivity contribution in [2.24, 2.45) is 0 Å². The second-order valence-corrected chi connectivity index (χ2v) is 5.99. The van der Waals surface area contributed by atoms with Gasteiger partial charge in [0.2, 0.25) is 0 Å². The zero-order chi connectivity index (χ0) is 17.5. The minimum Gasteiger partial charge on any atom is -0.497 e. The number of pyridine rings is 1. The van der Waals surface area contributed by atoms with Crippen LogP contribution in [0, 0.1) is 0 Å². The Kier molecular flexibility index (Phi) is 5.80. The molecule has 1 fully saturated rings. The molecule has 0 atom stereocenters. The molecule has 1 amide bonds. The van der Waals surface area contributed by atoms with Crippen molar-refractivity contribution >= 4 is 12.0 Å². The Bertz CT molecular complexity index is 723. The lowest BCUT2D eigenvalue weighted by molar-refractivity contribution is 0.0644. The molecule has 5 heteroatoms. The maximum atomic E-state index is 12.5. The minimum absolute atomic E-state index is 0.0293. The lowest BCUT2D eigenvalue weighted by Crippen LogP contribution is -2.48. The third kappa shape index (κ3) is 4.67. The number of carbonyl (C=O) groups is 1. The van der Waals surface area contributed by atoms with Gasteiger partial charge >= 0.3 is 0 Å². The zero-order valence-electron chi connectivity index (χ0n) is 14.5. The van der Waals surface area contributed by atoms with Crippen molar-refractivity contribution < 1.29 is 9.53 Å². The molecule has 0 spiro atoms. The number of aromatic nitrogens is 1. The first kappa shape index (κ1) is 17.2. The summed E-state index contributed by atoms with van der Waals surface area (Å²) in [6.45, 7) is 4.08. The highest BCUT2D eigenvalue weighted by Crippen LogP contribution is 2.13. The van der Waals surface area contributed by atoms with Crippen LogP contribution >= 0.6 is 0 Å². The van der Waals surface area contributed by atoms with E-state index in [1.165, 1.54) is 5.56 Å². The van der Waals surface area contributed by atoms with Crippen molar-refractivity contribution in [2.45, 2.75) is 0 Å². The summed E-state index contributed by atoms with van der Waals surface area (Å²) in [6, 6.07) is 13.7. The highest BCUT2D eigenvalue weighted by molar-refractivity contribution is 5.92. The molecule has 1 saturated heterocycles. The van der Waals surface area contributed by atoms with E-state index in [-0.39, 0.29) is 5.91 Å². The van der Waals surface area contributed by atoms with Gasteiger partial charge in [-0.05, 0) is 11.6 Å². The fourth-order valence-corrected chi connectivity index (χ4v) is 2.85. The van der Waals surface area contributed by atoms with Crippen molar-refractivity contribution in [2.75, 3.05) is 39.8 Å². The highest BCUT2D eigenvalue weighted by Gasteiger charge is 2.22. The summed E-state index contributed by atoms with van der Waals surface area (Å²) in [5, 5.41) is 0. The molecule has 0 N–H and O–H groups in total. The van der Waals surface area contributed by atoms with Crippen molar-refractivity contribution in [3.63, 3.8) is 0 Å². The summed E-state index contributed by atoms with van der Waals surface area (Å²) >= 11 is 0. The average Bonchev–Trinajstić information content (AvgIpc) is 2.69. The molecule has 0 saturated carbocycles. The predicted molar refractivity (Wildman–Crippen MR) is 98.6 cm³/mol. The fraction of sp³-hybridized carbons (Fsp3) is 0.300. The summed E-state index contributed by atoms with van der Waals surface area (Å²) in [5.74, 6) is 0.626. The quantitative estimate of drug-likeness (QED) is 0.841. The smallest absolute Gasteiger partial charge is 0.272 e. The summed E-state index contributed by atoms with van der Waals surface area (Å²) in [7, 11) is 1.59. The molecule has 5 nitrogen and oxygen atoms in total. The number of ether oxygens (including phenoxy) is 1. The third-order valence-corrected chi connectivity index (χ3v) is 4.32. The molecule has 1 aromatic heterocycles. The molecule has 2 aromatic rings. The summed E-state index contributed by atoms with van der Waals surface area (Å²) < 4.78 is 5.16.